The fourth-order valence-electron chi connectivity index (χ4n) is 4.21. The lowest BCUT2D eigenvalue weighted by atomic mass is 9.97. The number of morpholine rings is 1. The van der Waals surface area contributed by atoms with Crippen LogP contribution in [0.1, 0.15) is 22.8 Å². The van der Waals surface area contributed by atoms with Crippen LogP contribution in [0.4, 0.5) is 30.7 Å². The van der Waals surface area contributed by atoms with Gasteiger partial charge in [0.15, 0.2) is 11.5 Å². The predicted molar refractivity (Wildman–Crippen MR) is 116 cm³/mol. The summed E-state index contributed by atoms with van der Waals surface area (Å²) in [5.74, 6) is -3.48. The number of halogens is 7. The first-order valence-electron chi connectivity index (χ1n) is 11.2. The Morgan fingerprint density at radius 3 is 1.71 bits per heavy atom. The maximum absolute atomic E-state index is 15.0. The molecular weight excluding hydrogens is 527 g/mol. The molecule has 38 heavy (non-hydrogen) atoms. The molecule has 0 aromatic heterocycles. The van der Waals surface area contributed by atoms with E-state index in [1.807, 2.05) is 0 Å². The minimum absolute atomic E-state index is 0.0266. The van der Waals surface area contributed by atoms with E-state index in [0.29, 0.717) is 19.7 Å². The van der Waals surface area contributed by atoms with Crippen LogP contribution >= 0.6 is 0 Å². The average Bonchev–Trinajstić information content (AvgIpc) is 3.22. The molecule has 2 aliphatic heterocycles. The van der Waals surface area contributed by atoms with Crippen molar-refractivity contribution in [1.82, 2.24) is 5.32 Å². The zero-order valence-corrected chi connectivity index (χ0v) is 19.2. The third-order valence-corrected chi connectivity index (χ3v) is 5.78. The minimum Gasteiger partial charge on any atom is -0.440 e. The monoisotopic (exact) mass is 545 g/mol. The van der Waals surface area contributed by atoms with Gasteiger partial charge in [0.2, 0.25) is 0 Å². The summed E-state index contributed by atoms with van der Waals surface area (Å²) in [5.41, 5.74) is 0.508. The number of hydrogen-bond acceptors (Lipinski definition) is 6. The predicted octanol–water partition coefficient (Wildman–Crippen LogP) is 5.96. The number of ether oxygens (including phenoxy) is 5. The fraction of sp³-hybridized carbons (Fsp3) is 0.280. The molecule has 0 bridgehead atoms. The maximum atomic E-state index is 15.0. The summed E-state index contributed by atoms with van der Waals surface area (Å²) in [7, 11) is 0. The highest BCUT2D eigenvalue weighted by atomic mass is 19.4. The smallest absolute Gasteiger partial charge is 0.440 e. The number of hydrogen-bond donors (Lipinski definition) is 1. The molecule has 3 aromatic carbocycles. The summed E-state index contributed by atoms with van der Waals surface area (Å²) in [6.07, 6.45) is -10.5. The van der Waals surface area contributed by atoms with Crippen LogP contribution in [-0.2, 0) is 10.5 Å². The van der Waals surface area contributed by atoms with Crippen molar-refractivity contribution in [2.45, 2.75) is 24.6 Å². The topological polar surface area (TPSA) is 58.2 Å². The molecule has 0 spiro atoms. The number of benzene rings is 3. The molecule has 2 heterocycles. The van der Waals surface area contributed by atoms with Crippen molar-refractivity contribution in [3.8, 4) is 23.0 Å². The lowest BCUT2D eigenvalue weighted by molar-refractivity contribution is -0.275. The molecule has 0 aliphatic carbocycles. The molecule has 0 amide bonds. The molecule has 0 saturated carbocycles. The second-order valence-corrected chi connectivity index (χ2v) is 8.35. The molecule has 1 atom stereocenters. The van der Waals surface area contributed by atoms with E-state index in [2.05, 4.69) is 14.8 Å². The van der Waals surface area contributed by atoms with E-state index in [-0.39, 0.29) is 28.2 Å². The van der Waals surface area contributed by atoms with Crippen LogP contribution in [0.2, 0.25) is 0 Å². The normalized spacial score (nSPS) is 18.8. The Bertz CT molecular complexity index is 1230. The summed E-state index contributed by atoms with van der Waals surface area (Å²) in [4.78, 5) is 0. The first-order chi connectivity index (χ1) is 17.9. The molecule has 6 nitrogen and oxygen atoms in total. The molecule has 202 valence electrons. The molecule has 0 radical (unpaired) electrons. The van der Waals surface area contributed by atoms with Gasteiger partial charge in [0.25, 0.3) is 0 Å². The first kappa shape index (κ1) is 25.9. The second-order valence-electron chi connectivity index (χ2n) is 8.35. The highest BCUT2D eigenvalue weighted by Crippen LogP contribution is 2.49. The number of rotatable bonds is 5. The van der Waals surface area contributed by atoms with E-state index in [1.165, 1.54) is 30.3 Å². The van der Waals surface area contributed by atoms with Crippen LogP contribution < -0.4 is 24.3 Å². The van der Waals surface area contributed by atoms with Gasteiger partial charge in [-0.1, -0.05) is 0 Å². The van der Waals surface area contributed by atoms with E-state index in [4.69, 9.17) is 14.2 Å². The van der Waals surface area contributed by atoms with Crippen LogP contribution in [0.3, 0.4) is 0 Å². The largest absolute Gasteiger partial charge is 0.573 e. The van der Waals surface area contributed by atoms with Crippen molar-refractivity contribution in [3.05, 3.63) is 83.2 Å². The lowest BCUT2D eigenvalue weighted by Gasteiger charge is -2.29. The number of nitrogens with one attached hydrogen (secondary N) is 1. The van der Waals surface area contributed by atoms with Gasteiger partial charge in [0, 0.05) is 35.8 Å². The summed E-state index contributed by atoms with van der Waals surface area (Å²) in [6.45, 7) is 1.32. The van der Waals surface area contributed by atoms with Gasteiger partial charge in [-0.15, -0.1) is 26.3 Å². The van der Waals surface area contributed by atoms with E-state index in [9.17, 15) is 26.3 Å². The molecule has 3 aromatic rings. The summed E-state index contributed by atoms with van der Waals surface area (Å²) >= 11 is 0. The van der Waals surface area contributed by atoms with Crippen molar-refractivity contribution in [3.63, 3.8) is 0 Å². The van der Waals surface area contributed by atoms with E-state index in [0.717, 1.165) is 30.3 Å². The third-order valence-electron chi connectivity index (χ3n) is 5.78. The number of alkyl halides is 6. The Hall–Kier alpha value is -3.71. The van der Waals surface area contributed by atoms with E-state index < -0.39 is 41.9 Å². The third kappa shape index (κ3) is 5.43. The fourth-order valence-corrected chi connectivity index (χ4v) is 4.21. The van der Waals surface area contributed by atoms with Crippen molar-refractivity contribution >= 4 is 0 Å². The van der Waals surface area contributed by atoms with Crippen LogP contribution in [0.5, 0.6) is 23.0 Å². The quantitative estimate of drug-likeness (QED) is 0.400. The lowest BCUT2D eigenvalue weighted by Crippen LogP contribution is -2.36. The van der Waals surface area contributed by atoms with Gasteiger partial charge in [0.05, 0.1) is 12.7 Å². The van der Waals surface area contributed by atoms with Gasteiger partial charge in [-0.05, 0) is 54.6 Å². The highest BCUT2D eigenvalue weighted by Gasteiger charge is 2.46. The Labute approximate surface area is 210 Å². The van der Waals surface area contributed by atoms with Gasteiger partial charge in [-0.25, -0.2) is 4.39 Å². The van der Waals surface area contributed by atoms with E-state index in [1.54, 1.807) is 0 Å². The summed E-state index contributed by atoms with van der Waals surface area (Å²) < 4.78 is 116. The molecule has 2 aliphatic rings. The SMILES string of the molecule is Fc1cc2c(cc1C1CNCCO1)OC(c1ccc(OC(F)(F)F)cc1)(c1ccc(OC(F)(F)F)cc1)O2. The standard InChI is InChI=1S/C25H18F7NO5/c26-19-12-21-20(11-18(19)22-13-33-9-10-34-22)37-23(38-21,14-1-5-16(6-2-14)35-24(27,28)29)15-3-7-17(8-4-15)36-25(30,31)32/h1-8,11-12,22,33H,9-10,13H2. The Kier molecular flexibility index (Phi) is 6.51. The average molecular weight is 545 g/mol. The van der Waals surface area contributed by atoms with Crippen molar-refractivity contribution in [2.24, 2.45) is 0 Å². The molecular formula is C25H18F7NO5. The van der Waals surface area contributed by atoms with E-state index >= 15 is 4.39 Å². The van der Waals surface area contributed by atoms with Crippen LogP contribution in [0.25, 0.3) is 0 Å². The molecule has 1 N–H and O–H groups in total. The molecule has 13 heteroatoms. The molecule has 1 saturated heterocycles. The van der Waals surface area contributed by atoms with Gasteiger partial charge in [-0.3, -0.25) is 0 Å². The molecule has 5 rings (SSSR count). The van der Waals surface area contributed by atoms with Crippen molar-refractivity contribution < 1.29 is 54.4 Å². The second kappa shape index (κ2) is 9.55. The van der Waals surface area contributed by atoms with Gasteiger partial charge < -0.3 is 29.0 Å². The van der Waals surface area contributed by atoms with Crippen molar-refractivity contribution in [1.29, 1.82) is 0 Å². The summed E-state index contributed by atoms with van der Waals surface area (Å²) in [5, 5.41) is 3.09. The summed E-state index contributed by atoms with van der Waals surface area (Å²) in [6, 6.07) is 11.5. The minimum atomic E-state index is -4.92. The van der Waals surface area contributed by atoms with Gasteiger partial charge in [-0.2, -0.15) is 0 Å². The zero-order chi connectivity index (χ0) is 27.1. The van der Waals surface area contributed by atoms with Crippen LogP contribution in [-0.4, -0.2) is 32.4 Å². The van der Waals surface area contributed by atoms with Gasteiger partial charge in [0.1, 0.15) is 17.3 Å². The van der Waals surface area contributed by atoms with Crippen LogP contribution in [0, 0.1) is 5.82 Å². The molecule has 1 fully saturated rings. The molecule has 1 unspecified atom stereocenters. The Balaban J connectivity index is 1.54. The van der Waals surface area contributed by atoms with Crippen molar-refractivity contribution in [2.75, 3.05) is 19.7 Å². The highest BCUT2D eigenvalue weighted by molar-refractivity contribution is 5.52. The Morgan fingerprint density at radius 1 is 0.763 bits per heavy atom. The zero-order valence-electron chi connectivity index (χ0n) is 19.2. The van der Waals surface area contributed by atoms with Crippen LogP contribution in [0.15, 0.2) is 60.7 Å². The maximum Gasteiger partial charge on any atom is 0.573 e. The Morgan fingerprint density at radius 2 is 1.26 bits per heavy atom. The first-order valence-corrected chi connectivity index (χ1v) is 11.2. The van der Waals surface area contributed by atoms with Gasteiger partial charge >= 0.3 is 18.5 Å². The number of fused-ring (bicyclic) bond motifs is 1.